The van der Waals surface area contributed by atoms with E-state index in [9.17, 15) is 4.79 Å². The second-order valence-corrected chi connectivity index (χ2v) is 5.39. The number of hydrogen-bond donors (Lipinski definition) is 1. The van der Waals surface area contributed by atoms with Crippen molar-refractivity contribution in [2.75, 3.05) is 0 Å². The minimum absolute atomic E-state index is 0.0509. The lowest BCUT2D eigenvalue weighted by Crippen LogP contribution is -2.30. The number of rotatable bonds is 7. The lowest BCUT2D eigenvalue weighted by molar-refractivity contribution is -0.119. The third-order valence-corrected chi connectivity index (χ3v) is 3.64. The molecule has 0 aromatic heterocycles. The molecule has 94 valence electrons. The monoisotopic (exact) mass is 251 g/mol. The van der Waals surface area contributed by atoms with E-state index in [2.05, 4.69) is 24.4 Å². The fourth-order valence-electron chi connectivity index (χ4n) is 1.63. The first kappa shape index (κ1) is 14.1. The van der Waals surface area contributed by atoms with Gasteiger partial charge in [0.1, 0.15) is 0 Å². The van der Waals surface area contributed by atoms with E-state index in [1.54, 1.807) is 18.7 Å². The molecule has 1 amide bonds. The molecular weight excluding hydrogens is 230 g/mol. The van der Waals surface area contributed by atoms with Crippen molar-refractivity contribution in [3.05, 3.63) is 30.3 Å². The highest BCUT2D eigenvalue weighted by Crippen LogP contribution is 2.24. The van der Waals surface area contributed by atoms with E-state index < -0.39 is 0 Å². The Balaban J connectivity index is 2.48. The molecule has 17 heavy (non-hydrogen) atoms. The van der Waals surface area contributed by atoms with Crippen molar-refractivity contribution in [3.63, 3.8) is 0 Å². The van der Waals surface area contributed by atoms with E-state index in [0.29, 0.717) is 0 Å². The standard InChI is InChI=1S/C14H21NOS/c1-3-4-6-11-14(15-12(2)16)17-13-9-7-5-8-10-13/h5,7-10,14H,3-4,6,11H2,1-2H3,(H,15,16). The number of thioether (sulfide) groups is 1. The average molecular weight is 251 g/mol. The normalized spacial score (nSPS) is 12.1. The van der Waals surface area contributed by atoms with Crippen LogP contribution in [-0.2, 0) is 4.79 Å². The quantitative estimate of drug-likeness (QED) is 0.453. The minimum Gasteiger partial charge on any atom is -0.344 e. The van der Waals surface area contributed by atoms with Gasteiger partial charge in [0.05, 0.1) is 5.37 Å². The molecular formula is C14H21NOS. The van der Waals surface area contributed by atoms with Crippen molar-refractivity contribution in [3.8, 4) is 0 Å². The van der Waals surface area contributed by atoms with Gasteiger partial charge < -0.3 is 5.32 Å². The van der Waals surface area contributed by atoms with Gasteiger partial charge in [-0.3, -0.25) is 4.79 Å². The molecule has 0 radical (unpaired) electrons. The summed E-state index contributed by atoms with van der Waals surface area (Å²) in [4.78, 5) is 12.4. The van der Waals surface area contributed by atoms with Gasteiger partial charge in [0.25, 0.3) is 0 Å². The van der Waals surface area contributed by atoms with Crippen LogP contribution in [0.1, 0.15) is 39.5 Å². The first-order valence-electron chi connectivity index (χ1n) is 6.21. The molecule has 0 heterocycles. The Morgan fingerprint density at radius 3 is 2.59 bits per heavy atom. The number of unbranched alkanes of at least 4 members (excludes halogenated alkanes) is 2. The van der Waals surface area contributed by atoms with Gasteiger partial charge in [0, 0.05) is 11.8 Å². The van der Waals surface area contributed by atoms with Crippen LogP contribution in [0.25, 0.3) is 0 Å². The fourth-order valence-corrected chi connectivity index (χ4v) is 2.78. The summed E-state index contributed by atoms with van der Waals surface area (Å²) in [6, 6.07) is 10.2. The van der Waals surface area contributed by atoms with E-state index in [0.717, 1.165) is 6.42 Å². The van der Waals surface area contributed by atoms with E-state index in [-0.39, 0.29) is 11.3 Å². The van der Waals surface area contributed by atoms with E-state index in [4.69, 9.17) is 0 Å². The van der Waals surface area contributed by atoms with Crippen LogP contribution >= 0.6 is 11.8 Å². The highest BCUT2D eigenvalue weighted by Gasteiger charge is 2.10. The maximum absolute atomic E-state index is 11.2. The number of carbonyl (C=O) groups is 1. The van der Waals surface area contributed by atoms with E-state index >= 15 is 0 Å². The molecule has 0 bridgehead atoms. The Bertz CT molecular complexity index is 326. The summed E-state index contributed by atoms with van der Waals surface area (Å²) in [7, 11) is 0. The van der Waals surface area contributed by atoms with Crippen LogP contribution < -0.4 is 5.32 Å². The van der Waals surface area contributed by atoms with Gasteiger partial charge in [-0.1, -0.05) is 44.4 Å². The fraction of sp³-hybridized carbons (Fsp3) is 0.500. The predicted molar refractivity (Wildman–Crippen MR) is 74.0 cm³/mol. The molecule has 0 aliphatic heterocycles. The summed E-state index contributed by atoms with van der Waals surface area (Å²) < 4.78 is 0. The van der Waals surface area contributed by atoms with Gasteiger partial charge in [-0.05, 0) is 18.6 Å². The number of amides is 1. The summed E-state index contributed by atoms with van der Waals surface area (Å²) in [6.45, 7) is 3.77. The molecule has 0 spiro atoms. The van der Waals surface area contributed by atoms with Crippen LogP contribution in [0.15, 0.2) is 35.2 Å². The van der Waals surface area contributed by atoms with Crippen LogP contribution in [0.4, 0.5) is 0 Å². The van der Waals surface area contributed by atoms with Gasteiger partial charge in [0.2, 0.25) is 5.91 Å². The van der Waals surface area contributed by atoms with Gasteiger partial charge in [0.15, 0.2) is 0 Å². The number of carbonyl (C=O) groups excluding carboxylic acids is 1. The van der Waals surface area contributed by atoms with Gasteiger partial charge in [-0.2, -0.15) is 0 Å². The maximum Gasteiger partial charge on any atom is 0.217 e. The van der Waals surface area contributed by atoms with Crippen LogP contribution in [0, 0.1) is 0 Å². The number of benzene rings is 1. The predicted octanol–water partition coefficient (Wildman–Crippen LogP) is 3.82. The lowest BCUT2D eigenvalue weighted by Gasteiger charge is -2.17. The summed E-state index contributed by atoms with van der Waals surface area (Å²) in [5, 5.41) is 3.21. The Labute approximate surface area is 108 Å². The SMILES string of the molecule is CCCCCC(NC(C)=O)Sc1ccccc1. The molecule has 0 aliphatic carbocycles. The van der Waals surface area contributed by atoms with Gasteiger partial charge in [-0.25, -0.2) is 0 Å². The first-order valence-corrected chi connectivity index (χ1v) is 7.09. The molecule has 0 saturated carbocycles. The van der Waals surface area contributed by atoms with E-state index in [1.807, 2.05) is 18.2 Å². The third kappa shape index (κ3) is 6.37. The molecule has 3 heteroatoms. The molecule has 1 N–H and O–H groups in total. The van der Waals surface area contributed by atoms with Crippen LogP contribution in [0.2, 0.25) is 0 Å². The minimum atomic E-state index is 0.0509. The average Bonchev–Trinajstić information content (AvgIpc) is 2.30. The Kier molecular flexibility index (Phi) is 6.78. The zero-order chi connectivity index (χ0) is 12.5. The van der Waals surface area contributed by atoms with Gasteiger partial charge >= 0.3 is 0 Å². The highest BCUT2D eigenvalue weighted by molar-refractivity contribution is 7.99. The smallest absolute Gasteiger partial charge is 0.217 e. The van der Waals surface area contributed by atoms with Crippen molar-refractivity contribution in [1.82, 2.24) is 5.32 Å². The zero-order valence-corrected chi connectivity index (χ0v) is 11.4. The molecule has 2 nitrogen and oxygen atoms in total. The summed E-state index contributed by atoms with van der Waals surface area (Å²) >= 11 is 1.74. The van der Waals surface area contributed by atoms with Crippen molar-refractivity contribution >= 4 is 17.7 Å². The molecule has 0 fully saturated rings. The van der Waals surface area contributed by atoms with E-state index in [1.165, 1.54) is 24.2 Å². The summed E-state index contributed by atoms with van der Waals surface area (Å²) in [6.07, 6.45) is 4.64. The molecule has 0 saturated heterocycles. The second-order valence-electron chi connectivity index (χ2n) is 4.12. The van der Waals surface area contributed by atoms with Crippen molar-refractivity contribution in [2.24, 2.45) is 0 Å². The van der Waals surface area contributed by atoms with Gasteiger partial charge in [-0.15, -0.1) is 11.8 Å². The van der Waals surface area contributed by atoms with Crippen molar-refractivity contribution in [1.29, 1.82) is 0 Å². The third-order valence-electron chi connectivity index (χ3n) is 2.46. The summed E-state index contributed by atoms with van der Waals surface area (Å²) in [5.74, 6) is 0.0509. The second kappa shape index (κ2) is 8.18. The Hall–Kier alpha value is -0.960. The Morgan fingerprint density at radius 2 is 2.00 bits per heavy atom. The zero-order valence-electron chi connectivity index (χ0n) is 10.6. The first-order chi connectivity index (χ1) is 8.22. The molecule has 0 aliphatic rings. The number of nitrogens with one attached hydrogen (secondary N) is 1. The molecule has 1 rings (SSSR count). The molecule has 1 aromatic carbocycles. The molecule has 1 aromatic rings. The maximum atomic E-state index is 11.2. The van der Waals surface area contributed by atoms with Crippen LogP contribution in [-0.4, -0.2) is 11.3 Å². The lowest BCUT2D eigenvalue weighted by atomic mass is 10.2. The molecule has 1 atom stereocenters. The van der Waals surface area contributed by atoms with Crippen LogP contribution in [0.3, 0.4) is 0 Å². The summed E-state index contributed by atoms with van der Waals surface area (Å²) in [5.41, 5.74) is 0. The number of hydrogen-bond acceptors (Lipinski definition) is 2. The highest BCUT2D eigenvalue weighted by atomic mass is 32.2. The molecule has 1 unspecified atom stereocenters. The largest absolute Gasteiger partial charge is 0.344 e. The topological polar surface area (TPSA) is 29.1 Å². The Morgan fingerprint density at radius 1 is 1.29 bits per heavy atom. The van der Waals surface area contributed by atoms with Crippen LogP contribution in [0.5, 0.6) is 0 Å². The van der Waals surface area contributed by atoms with Crippen molar-refractivity contribution < 1.29 is 4.79 Å². The van der Waals surface area contributed by atoms with Crippen molar-refractivity contribution in [2.45, 2.75) is 49.8 Å².